The van der Waals surface area contributed by atoms with Gasteiger partial charge in [-0.3, -0.25) is 4.79 Å². The van der Waals surface area contributed by atoms with E-state index in [1.807, 2.05) is 0 Å². The summed E-state index contributed by atoms with van der Waals surface area (Å²) in [6.07, 6.45) is 0. The molecule has 0 spiro atoms. The topological polar surface area (TPSA) is 64.2 Å². The standard InChI is InChI=1S/C16H10Cl2N2O3/c17-10-3-1-5-12(7-10)19-14(21)9-15(22)20(16(19)23)13-6-2-4-11(18)8-13/h1-9,21H. The SMILES string of the molecule is O=c1cc(O)n(-c2cccc(Cl)c2)c(=O)n1-c1cccc(Cl)c1. The molecule has 0 aliphatic rings. The van der Waals surface area contributed by atoms with E-state index >= 15 is 0 Å². The average Bonchev–Trinajstić information content (AvgIpc) is 2.47. The van der Waals surface area contributed by atoms with Crippen molar-refractivity contribution in [2.24, 2.45) is 0 Å². The fourth-order valence-electron chi connectivity index (χ4n) is 2.24. The summed E-state index contributed by atoms with van der Waals surface area (Å²) in [5, 5.41) is 10.8. The van der Waals surface area contributed by atoms with Gasteiger partial charge in [0.2, 0.25) is 5.88 Å². The summed E-state index contributed by atoms with van der Waals surface area (Å²) < 4.78 is 1.92. The Morgan fingerprint density at radius 3 is 1.83 bits per heavy atom. The predicted octanol–water partition coefficient (Wildman–Crippen LogP) is 3.00. The fourth-order valence-corrected chi connectivity index (χ4v) is 2.61. The van der Waals surface area contributed by atoms with E-state index in [-0.39, 0.29) is 0 Å². The smallest absolute Gasteiger partial charge is 0.343 e. The van der Waals surface area contributed by atoms with Crippen LogP contribution in [0.1, 0.15) is 0 Å². The van der Waals surface area contributed by atoms with Crippen molar-refractivity contribution >= 4 is 23.2 Å². The number of benzene rings is 2. The maximum absolute atomic E-state index is 12.7. The third kappa shape index (κ3) is 2.88. The number of halogens is 2. The molecule has 0 unspecified atom stereocenters. The largest absolute Gasteiger partial charge is 0.494 e. The molecule has 1 aromatic heterocycles. The minimum absolute atomic E-state index is 0.309. The predicted molar refractivity (Wildman–Crippen MR) is 89.3 cm³/mol. The summed E-state index contributed by atoms with van der Waals surface area (Å²) in [6.45, 7) is 0. The Kier molecular flexibility index (Phi) is 3.98. The fraction of sp³-hybridized carbons (Fsp3) is 0. The van der Waals surface area contributed by atoms with E-state index in [0.717, 1.165) is 15.2 Å². The first-order chi connectivity index (χ1) is 11.0. The Hall–Kier alpha value is -2.50. The Balaban J connectivity index is 2.34. The van der Waals surface area contributed by atoms with Crippen LogP contribution in [0.5, 0.6) is 5.88 Å². The van der Waals surface area contributed by atoms with Crippen molar-refractivity contribution < 1.29 is 5.11 Å². The van der Waals surface area contributed by atoms with Crippen molar-refractivity contribution in [2.45, 2.75) is 0 Å². The van der Waals surface area contributed by atoms with Crippen LogP contribution in [-0.2, 0) is 0 Å². The normalized spacial score (nSPS) is 10.7. The molecule has 116 valence electrons. The molecule has 1 heterocycles. The lowest BCUT2D eigenvalue weighted by molar-refractivity contribution is 0.428. The van der Waals surface area contributed by atoms with Gasteiger partial charge in [0.05, 0.1) is 17.4 Å². The van der Waals surface area contributed by atoms with Gasteiger partial charge in [0.25, 0.3) is 5.56 Å². The molecule has 3 rings (SSSR count). The molecule has 1 N–H and O–H groups in total. The zero-order chi connectivity index (χ0) is 16.6. The second-order valence-corrected chi connectivity index (χ2v) is 5.63. The number of hydrogen-bond donors (Lipinski definition) is 1. The lowest BCUT2D eigenvalue weighted by atomic mass is 10.3. The molecule has 5 nitrogen and oxygen atoms in total. The third-order valence-electron chi connectivity index (χ3n) is 3.22. The van der Waals surface area contributed by atoms with E-state index in [4.69, 9.17) is 23.2 Å². The van der Waals surface area contributed by atoms with Gasteiger partial charge in [0.15, 0.2) is 0 Å². The molecular formula is C16H10Cl2N2O3. The third-order valence-corrected chi connectivity index (χ3v) is 3.69. The van der Waals surface area contributed by atoms with Crippen LogP contribution in [0.3, 0.4) is 0 Å². The lowest BCUT2D eigenvalue weighted by Crippen LogP contribution is -2.37. The average molecular weight is 349 g/mol. The quantitative estimate of drug-likeness (QED) is 0.774. The molecule has 0 fully saturated rings. The van der Waals surface area contributed by atoms with Crippen molar-refractivity contribution in [1.82, 2.24) is 9.13 Å². The van der Waals surface area contributed by atoms with Crippen molar-refractivity contribution in [3.05, 3.63) is 85.5 Å². The van der Waals surface area contributed by atoms with Gasteiger partial charge >= 0.3 is 5.69 Å². The van der Waals surface area contributed by atoms with Gasteiger partial charge in [0, 0.05) is 10.0 Å². The highest BCUT2D eigenvalue weighted by atomic mass is 35.5. The molecule has 2 aromatic carbocycles. The number of nitrogens with zero attached hydrogens (tertiary/aromatic N) is 2. The van der Waals surface area contributed by atoms with Crippen LogP contribution in [0.25, 0.3) is 11.4 Å². The highest BCUT2D eigenvalue weighted by Gasteiger charge is 2.14. The molecule has 0 amide bonds. The van der Waals surface area contributed by atoms with E-state index in [0.29, 0.717) is 21.4 Å². The van der Waals surface area contributed by atoms with Gasteiger partial charge < -0.3 is 5.11 Å². The molecule has 0 bridgehead atoms. The maximum Gasteiger partial charge on any atom is 0.343 e. The van der Waals surface area contributed by atoms with Gasteiger partial charge in [-0.05, 0) is 36.4 Å². The Bertz CT molecular complexity index is 1010. The first-order valence-electron chi connectivity index (χ1n) is 6.57. The summed E-state index contributed by atoms with van der Waals surface area (Å²) in [7, 11) is 0. The van der Waals surface area contributed by atoms with Crippen LogP contribution in [-0.4, -0.2) is 14.2 Å². The second kappa shape index (κ2) is 5.95. The van der Waals surface area contributed by atoms with Gasteiger partial charge in [-0.25, -0.2) is 13.9 Å². The summed E-state index contributed by atoms with van der Waals surface area (Å²) >= 11 is 11.8. The Labute approximate surface area is 140 Å². The minimum Gasteiger partial charge on any atom is -0.494 e. The zero-order valence-corrected chi connectivity index (χ0v) is 13.1. The molecular weight excluding hydrogens is 339 g/mol. The first kappa shape index (κ1) is 15.4. The zero-order valence-electron chi connectivity index (χ0n) is 11.6. The summed E-state index contributed by atoms with van der Waals surface area (Å²) in [5.74, 6) is -0.472. The van der Waals surface area contributed by atoms with Crippen LogP contribution in [0.4, 0.5) is 0 Å². The molecule has 0 atom stereocenters. The molecule has 0 aliphatic carbocycles. The van der Waals surface area contributed by atoms with Crippen molar-refractivity contribution in [1.29, 1.82) is 0 Å². The van der Waals surface area contributed by atoms with Gasteiger partial charge in [-0.1, -0.05) is 35.3 Å². The maximum atomic E-state index is 12.7. The molecule has 7 heteroatoms. The highest BCUT2D eigenvalue weighted by molar-refractivity contribution is 6.31. The number of rotatable bonds is 2. The van der Waals surface area contributed by atoms with Gasteiger partial charge in [-0.2, -0.15) is 0 Å². The molecule has 3 aromatic rings. The van der Waals surface area contributed by atoms with E-state index in [1.165, 1.54) is 12.1 Å². The number of aromatic nitrogens is 2. The van der Waals surface area contributed by atoms with Crippen LogP contribution in [0.2, 0.25) is 10.0 Å². The van der Waals surface area contributed by atoms with Crippen molar-refractivity contribution in [3.63, 3.8) is 0 Å². The van der Waals surface area contributed by atoms with Crippen LogP contribution in [0.15, 0.2) is 64.2 Å². The van der Waals surface area contributed by atoms with Crippen LogP contribution >= 0.6 is 23.2 Å². The number of aromatic hydroxyl groups is 1. The molecule has 0 saturated heterocycles. The second-order valence-electron chi connectivity index (χ2n) is 4.75. The van der Waals surface area contributed by atoms with E-state index in [9.17, 15) is 14.7 Å². The first-order valence-corrected chi connectivity index (χ1v) is 7.33. The van der Waals surface area contributed by atoms with Crippen LogP contribution in [0, 0.1) is 0 Å². The van der Waals surface area contributed by atoms with E-state index < -0.39 is 17.1 Å². The Morgan fingerprint density at radius 1 is 0.783 bits per heavy atom. The summed E-state index contributed by atoms with van der Waals surface area (Å²) in [6, 6.07) is 13.7. The van der Waals surface area contributed by atoms with Gasteiger partial charge in [0.1, 0.15) is 0 Å². The van der Waals surface area contributed by atoms with Gasteiger partial charge in [-0.15, -0.1) is 0 Å². The van der Waals surface area contributed by atoms with E-state index in [1.54, 1.807) is 36.4 Å². The van der Waals surface area contributed by atoms with E-state index in [2.05, 4.69) is 0 Å². The van der Waals surface area contributed by atoms with Crippen molar-refractivity contribution in [3.8, 4) is 17.3 Å². The lowest BCUT2D eigenvalue weighted by Gasteiger charge is -2.12. The molecule has 0 aliphatic heterocycles. The highest BCUT2D eigenvalue weighted by Crippen LogP contribution is 2.18. The minimum atomic E-state index is -0.723. The number of hydrogen-bond acceptors (Lipinski definition) is 3. The van der Waals surface area contributed by atoms with Crippen LogP contribution < -0.4 is 11.2 Å². The Morgan fingerprint density at radius 2 is 1.30 bits per heavy atom. The van der Waals surface area contributed by atoms with Crippen molar-refractivity contribution in [2.75, 3.05) is 0 Å². The molecule has 0 radical (unpaired) electrons. The molecule has 23 heavy (non-hydrogen) atoms. The molecule has 0 saturated carbocycles. The summed E-state index contributed by atoms with van der Waals surface area (Å²) in [4.78, 5) is 24.9. The monoisotopic (exact) mass is 348 g/mol. The summed E-state index contributed by atoms with van der Waals surface area (Å²) in [5.41, 5.74) is -0.730.